The van der Waals surface area contributed by atoms with E-state index in [0.29, 0.717) is 11.7 Å². The quantitative estimate of drug-likeness (QED) is 0.818. The van der Waals surface area contributed by atoms with Gasteiger partial charge in [0.05, 0.1) is 5.69 Å². The van der Waals surface area contributed by atoms with Crippen LogP contribution in [-0.4, -0.2) is 19.9 Å². The fraction of sp³-hybridized carbons (Fsp3) is 0.571. The topological polar surface area (TPSA) is 71.1 Å². The Kier molecular flexibility index (Phi) is 3.46. The predicted molar refractivity (Wildman–Crippen MR) is 57.8 cm³/mol. The molecule has 0 bridgehead atoms. The summed E-state index contributed by atoms with van der Waals surface area (Å²) in [6.45, 7) is 5.82. The van der Waals surface area contributed by atoms with Gasteiger partial charge in [-0.1, -0.05) is 6.92 Å². The molecule has 1 heterocycles. The van der Waals surface area contributed by atoms with Gasteiger partial charge in [0.15, 0.2) is 5.13 Å². The minimum Gasteiger partial charge on any atom is -0.246 e. The molecular weight excluding hydrogens is 222 g/mol. The van der Waals surface area contributed by atoms with Crippen molar-refractivity contribution in [3.05, 3.63) is 10.6 Å². The van der Waals surface area contributed by atoms with E-state index in [-0.39, 0.29) is 0 Å². The first kappa shape index (κ1) is 11.4. The second-order valence-corrected chi connectivity index (χ2v) is 5.47. The van der Waals surface area contributed by atoms with Crippen molar-refractivity contribution < 1.29 is 8.42 Å². The van der Waals surface area contributed by atoms with Crippen molar-refractivity contribution in [3.8, 4) is 0 Å². The van der Waals surface area contributed by atoms with Crippen LogP contribution >= 0.6 is 11.3 Å². The summed E-state index contributed by atoms with van der Waals surface area (Å²) in [6.07, 6.45) is 0. The summed E-state index contributed by atoms with van der Waals surface area (Å²) in [5.41, 5.74) is 0.851. The number of aromatic nitrogens is 1. The van der Waals surface area contributed by atoms with Crippen LogP contribution in [-0.2, 0) is 10.2 Å². The highest BCUT2D eigenvalue weighted by Crippen LogP contribution is 2.21. The lowest BCUT2D eigenvalue weighted by Gasteiger charge is -2.03. The first-order chi connectivity index (χ1) is 6.44. The molecule has 5 nitrogen and oxygen atoms in total. The molecule has 0 unspecified atom stereocenters. The van der Waals surface area contributed by atoms with Gasteiger partial charge in [-0.05, 0) is 13.8 Å². The third kappa shape index (κ3) is 2.93. The van der Waals surface area contributed by atoms with Crippen LogP contribution in [0.1, 0.15) is 17.5 Å². The average Bonchev–Trinajstić information content (AvgIpc) is 2.29. The molecule has 1 aromatic rings. The van der Waals surface area contributed by atoms with Gasteiger partial charge in [0, 0.05) is 11.4 Å². The van der Waals surface area contributed by atoms with Gasteiger partial charge in [-0.3, -0.25) is 0 Å². The van der Waals surface area contributed by atoms with E-state index in [0.717, 1.165) is 10.6 Å². The Balaban J connectivity index is 2.79. The van der Waals surface area contributed by atoms with Crippen molar-refractivity contribution in [1.29, 1.82) is 0 Å². The number of thiazole rings is 1. The monoisotopic (exact) mass is 235 g/mol. The molecule has 2 N–H and O–H groups in total. The Labute approximate surface area is 87.7 Å². The Morgan fingerprint density at radius 2 is 2.07 bits per heavy atom. The van der Waals surface area contributed by atoms with Crippen LogP contribution in [0.4, 0.5) is 5.13 Å². The van der Waals surface area contributed by atoms with Crippen LogP contribution in [0.15, 0.2) is 0 Å². The molecule has 14 heavy (non-hydrogen) atoms. The fourth-order valence-corrected chi connectivity index (χ4v) is 2.75. The van der Waals surface area contributed by atoms with Crippen LogP contribution in [0.5, 0.6) is 0 Å². The van der Waals surface area contributed by atoms with Crippen molar-refractivity contribution >= 4 is 26.7 Å². The molecule has 1 aromatic heterocycles. The lowest BCUT2D eigenvalue weighted by molar-refractivity contribution is 0.589. The first-order valence-corrected chi connectivity index (χ1v) is 6.46. The Morgan fingerprint density at radius 1 is 1.43 bits per heavy atom. The van der Waals surface area contributed by atoms with Gasteiger partial charge in [0.1, 0.15) is 0 Å². The second-order valence-electron chi connectivity index (χ2n) is 2.76. The third-order valence-electron chi connectivity index (χ3n) is 1.58. The van der Waals surface area contributed by atoms with E-state index >= 15 is 0 Å². The van der Waals surface area contributed by atoms with Gasteiger partial charge in [0.2, 0.25) is 0 Å². The van der Waals surface area contributed by atoms with Crippen LogP contribution in [0, 0.1) is 13.8 Å². The van der Waals surface area contributed by atoms with Crippen molar-refractivity contribution in [3.63, 3.8) is 0 Å². The number of nitrogens with one attached hydrogen (secondary N) is 2. The van der Waals surface area contributed by atoms with Crippen LogP contribution in [0.3, 0.4) is 0 Å². The lowest BCUT2D eigenvalue weighted by Crippen LogP contribution is -2.29. The number of hydrogen-bond acceptors (Lipinski definition) is 4. The smallest absolute Gasteiger partial charge is 0.246 e. The number of nitrogens with zero attached hydrogens (tertiary/aromatic N) is 1. The van der Waals surface area contributed by atoms with Gasteiger partial charge in [-0.25, -0.2) is 9.71 Å². The molecule has 1 rings (SSSR count). The van der Waals surface area contributed by atoms with Gasteiger partial charge in [-0.2, -0.15) is 13.1 Å². The minimum atomic E-state index is -3.44. The molecule has 0 aliphatic carbocycles. The maximum absolute atomic E-state index is 11.3. The van der Waals surface area contributed by atoms with E-state index in [4.69, 9.17) is 0 Å². The first-order valence-electron chi connectivity index (χ1n) is 4.16. The lowest BCUT2D eigenvalue weighted by atomic mass is 10.4. The van der Waals surface area contributed by atoms with Crippen LogP contribution in [0.2, 0.25) is 0 Å². The van der Waals surface area contributed by atoms with Gasteiger partial charge >= 0.3 is 10.2 Å². The van der Waals surface area contributed by atoms with Crippen molar-refractivity contribution in [1.82, 2.24) is 9.71 Å². The predicted octanol–water partition coefficient (Wildman–Crippen LogP) is 1.03. The number of hydrogen-bond donors (Lipinski definition) is 2. The molecule has 0 fully saturated rings. The standard InChI is InChI=1S/C7H13N3O2S2/c1-4-8-14(11,12)10-7-9-5(2)6(3)13-7/h8H,4H2,1-3H3,(H,9,10). The summed E-state index contributed by atoms with van der Waals surface area (Å²) in [6, 6.07) is 0. The molecule has 0 spiro atoms. The summed E-state index contributed by atoms with van der Waals surface area (Å²) in [4.78, 5) is 5.08. The SMILES string of the molecule is CCNS(=O)(=O)Nc1nc(C)c(C)s1. The molecule has 7 heteroatoms. The zero-order valence-electron chi connectivity index (χ0n) is 8.29. The Bertz CT molecular complexity index is 391. The molecular formula is C7H13N3O2S2. The average molecular weight is 235 g/mol. The highest BCUT2D eigenvalue weighted by Gasteiger charge is 2.11. The summed E-state index contributed by atoms with van der Waals surface area (Å²) >= 11 is 1.33. The molecule has 0 aliphatic rings. The molecule has 0 aliphatic heterocycles. The van der Waals surface area contributed by atoms with Crippen molar-refractivity contribution in [2.75, 3.05) is 11.3 Å². The van der Waals surface area contributed by atoms with Gasteiger partial charge in [-0.15, -0.1) is 11.3 Å². The third-order valence-corrected chi connectivity index (χ3v) is 3.83. The minimum absolute atomic E-state index is 0.360. The summed E-state index contributed by atoms with van der Waals surface area (Å²) < 4.78 is 27.2. The maximum atomic E-state index is 11.3. The van der Waals surface area contributed by atoms with Gasteiger partial charge in [0.25, 0.3) is 0 Å². The summed E-state index contributed by atoms with van der Waals surface area (Å²) in [5.74, 6) is 0. The summed E-state index contributed by atoms with van der Waals surface area (Å²) in [5, 5.41) is 0.404. The van der Waals surface area contributed by atoms with E-state index in [1.807, 2.05) is 13.8 Å². The zero-order valence-corrected chi connectivity index (χ0v) is 9.92. The Morgan fingerprint density at radius 3 is 2.50 bits per heavy atom. The van der Waals surface area contributed by atoms with E-state index < -0.39 is 10.2 Å². The van der Waals surface area contributed by atoms with Crippen molar-refractivity contribution in [2.45, 2.75) is 20.8 Å². The molecule has 0 saturated heterocycles. The largest absolute Gasteiger partial charge is 0.300 e. The zero-order chi connectivity index (χ0) is 10.8. The number of anilines is 1. The van der Waals surface area contributed by atoms with E-state index in [2.05, 4.69) is 14.4 Å². The molecule has 80 valence electrons. The highest BCUT2D eigenvalue weighted by atomic mass is 32.2. The molecule has 0 aromatic carbocycles. The normalized spacial score (nSPS) is 11.6. The van der Waals surface area contributed by atoms with Crippen LogP contribution in [0.25, 0.3) is 0 Å². The molecule has 0 atom stereocenters. The maximum Gasteiger partial charge on any atom is 0.300 e. The fourth-order valence-electron chi connectivity index (χ4n) is 0.857. The van der Waals surface area contributed by atoms with Crippen LogP contribution < -0.4 is 9.44 Å². The van der Waals surface area contributed by atoms with E-state index in [9.17, 15) is 8.42 Å². The molecule has 0 saturated carbocycles. The summed E-state index contributed by atoms with van der Waals surface area (Å²) in [7, 11) is -3.44. The number of rotatable bonds is 4. The molecule has 0 amide bonds. The van der Waals surface area contributed by atoms with Gasteiger partial charge < -0.3 is 0 Å². The second kappa shape index (κ2) is 4.24. The molecule has 0 radical (unpaired) electrons. The highest BCUT2D eigenvalue weighted by molar-refractivity contribution is 7.91. The van der Waals surface area contributed by atoms with E-state index in [1.54, 1.807) is 6.92 Å². The van der Waals surface area contributed by atoms with E-state index in [1.165, 1.54) is 11.3 Å². The Hall–Kier alpha value is -0.660. The number of aryl methyl sites for hydroxylation is 2. The van der Waals surface area contributed by atoms with Crippen molar-refractivity contribution in [2.24, 2.45) is 0 Å².